The van der Waals surface area contributed by atoms with Gasteiger partial charge in [-0.3, -0.25) is 9.59 Å². The Morgan fingerprint density at radius 1 is 1.18 bits per heavy atom. The lowest BCUT2D eigenvalue weighted by molar-refractivity contribution is -0.138. The third-order valence-corrected chi connectivity index (χ3v) is 2.37. The molecule has 0 bridgehead atoms. The van der Waals surface area contributed by atoms with E-state index in [9.17, 15) is 9.59 Å². The second-order valence-corrected chi connectivity index (χ2v) is 4.09. The fourth-order valence-electron chi connectivity index (χ4n) is 1.65. The largest absolute Gasteiger partial charge is 0.481 e. The molecule has 0 aromatic heterocycles. The zero-order valence-electron chi connectivity index (χ0n) is 10.1. The molecular weight excluding hydrogens is 218 g/mol. The average Bonchev–Trinajstić information content (AvgIpc) is 2.27. The van der Waals surface area contributed by atoms with Gasteiger partial charge in [-0.25, -0.2) is 0 Å². The summed E-state index contributed by atoms with van der Waals surface area (Å²) in [5, 5.41) is 8.58. The Kier molecular flexibility index (Phi) is 4.69. The summed E-state index contributed by atoms with van der Waals surface area (Å²) < 4.78 is 0. The van der Waals surface area contributed by atoms with E-state index in [0.29, 0.717) is 0 Å². The molecule has 0 spiro atoms. The summed E-state index contributed by atoms with van der Waals surface area (Å²) in [6.07, 6.45) is -0.0999. The Hall–Kier alpha value is -1.84. The molecule has 0 saturated carbocycles. The highest BCUT2D eigenvalue weighted by Crippen LogP contribution is 2.18. The van der Waals surface area contributed by atoms with Crippen LogP contribution >= 0.6 is 0 Å². The molecule has 1 aromatic carbocycles. The molecule has 1 N–H and O–H groups in total. The summed E-state index contributed by atoms with van der Waals surface area (Å²) in [6, 6.07) is 9.30. The molecule has 0 heterocycles. The number of para-hydroxylation sites is 1. The van der Waals surface area contributed by atoms with Crippen LogP contribution in [0.5, 0.6) is 0 Å². The molecular formula is C13H17NO3. The van der Waals surface area contributed by atoms with Gasteiger partial charge in [-0.2, -0.15) is 0 Å². The third-order valence-electron chi connectivity index (χ3n) is 2.37. The molecule has 1 rings (SSSR count). The van der Waals surface area contributed by atoms with Crippen molar-refractivity contribution in [3.8, 4) is 0 Å². The molecule has 0 atom stereocenters. The minimum absolute atomic E-state index is 0.0127. The molecule has 4 nitrogen and oxygen atoms in total. The van der Waals surface area contributed by atoms with E-state index in [2.05, 4.69) is 0 Å². The zero-order valence-corrected chi connectivity index (χ0v) is 10.1. The van der Waals surface area contributed by atoms with Crippen LogP contribution in [0.1, 0.15) is 26.7 Å². The van der Waals surface area contributed by atoms with Gasteiger partial charge in [-0.05, 0) is 26.0 Å². The molecule has 0 saturated heterocycles. The number of anilines is 1. The Morgan fingerprint density at radius 3 is 2.24 bits per heavy atom. The zero-order chi connectivity index (χ0) is 12.8. The van der Waals surface area contributed by atoms with Gasteiger partial charge in [0.1, 0.15) is 0 Å². The minimum Gasteiger partial charge on any atom is -0.481 e. The van der Waals surface area contributed by atoms with Crippen LogP contribution in [0, 0.1) is 0 Å². The minimum atomic E-state index is -0.949. The van der Waals surface area contributed by atoms with Gasteiger partial charge in [0.15, 0.2) is 0 Å². The average molecular weight is 235 g/mol. The fourth-order valence-corrected chi connectivity index (χ4v) is 1.65. The van der Waals surface area contributed by atoms with Crippen molar-refractivity contribution in [2.75, 3.05) is 4.90 Å². The van der Waals surface area contributed by atoms with Crippen molar-refractivity contribution in [3.05, 3.63) is 30.3 Å². The van der Waals surface area contributed by atoms with Gasteiger partial charge in [0.05, 0.1) is 6.42 Å². The van der Waals surface area contributed by atoms with Gasteiger partial charge in [-0.1, -0.05) is 18.2 Å². The summed E-state index contributed by atoms with van der Waals surface area (Å²) in [5.41, 5.74) is 0.804. The van der Waals surface area contributed by atoms with Gasteiger partial charge < -0.3 is 10.0 Å². The first-order valence-corrected chi connectivity index (χ1v) is 5.61. The van der Waals surface area contributed by atoms with Crippen LogP contribution in [0.15, 0.2) is 30.3 Å². The van der Waals surface area contributed by atoms with Crippen LogP contribution in [0.2, 0.25) is 0 Å². The lowest BCUT2D eigenvalue weighted by atomic mass is 10.2. The first-order chi connectivity index (χ1) is 8.02. The van der Waals surface area contributed by atoms with E-state index in [1.165, 1.54) is 0 Å². The molecule has 0 aliphatic rings. The second-order valence-electron chi connectivity index (χ2n) is 4.09. The highest BCUT2D eigenvalue weighted by molar-refractivity contribution is 5.95. The quantitative estimate of drug-likeness (QED) is 0.851. The van der Waals surface area contributed by atoms with Gasteiger partial charge in [0.2, 0.25) is 5.91 Å². The number of amides is 1. The predicted octanol–water partition coefficient (Wildman–Crippen LogP) is 2.29. The normalized spacial score (nSPS) is 10.3. The lowest BCUT2D eigenvalue weighted by Gasteiger charge is -2.26. The number of hydrogen-bond donors (Lipinski definition) is 1. The van der Waals surface area contributed by atoms with E-state index < -0.39 is 5.97 Å². The maximum Gasteiger partial charge on any atom is 0.303 e. The van der Waals surface area contributed by atoms with Gasteiger partial charge in [-0.15, -0.1) is 0 Å². The van der Waals surface area contributed by atoms with Crippen LogP contribution in [-0.2, 0) is 9.59 Å². The van der Waals surface area contributed by atoms with E-state index >= 15 is 0 Å². The van der Waals surface area contributed by atoms with Crippen molar-refractivity contribution in [1.29, 1.82) is 0 Å². The van der Waals surface area contributed by atoms with Crippen molar-refractivity contribution in [3.63, 3.8) is 0 Å². The first kappa shape index (κ1) is 13.2. The number of carbonyl (C=O) groups is 2. The van der Waals surface area contributed by atoms with Crippen LogP contribution in [-0.4, -0.2) is 23.0 Å². The van der Waals surface area contributed by atoms with E-state index in [1.54, 1.807) is 4.90 Å². The maximum absolute atomic E-state index is 12.0. The van der Waals surface area contributed by atoms with Crippen LogP contribution in [0.3, 0.4) is 0 Å². The molecule has 0 aliphatic heterocycles. The van der Waals surface area contributed by atoms with Gasteiger partial charge >= 0.3 is 5.97 Å². The molecule has 0 radical (unpaired) electrons. The summed E-state index contributed by atoms with van der Waals surface area (Å²) >= 11 is 0. The number of carbonyl (C=O) groups excluding carboxylic acids is 1. The first-order valence-electron chi connectivity index (χ1n) is 5.61. The maximum atomic E-state index is 12.0. The number of aliphatic carboxylic acids is 1. The number of hydrogen-bond acceptors (Lipinski definition) is 2. The predicted molar refractivity (Wildman–Crippen MR) is 65.9 cm³/mol. The Labute approximate surface area is 101 Å². The summed E-state index contributed by atoms with van der Waals surface area (Å²) in [7, 11) is 0. The van der Waals surface area contributed by atoms with Crippen LogP contribution in [0.4, 0.5) is 5.69 Å². The van der Waals surface area contributed by atoms with E-state index in [-0.39, 0.29) is 24.8 Å². The van der Waals surface area contributed by atoms with Crippen LogP contribution in [0.25, 0.3) is 0 Å². The second kappa shape index (κ2) is 6.03. The molecule has 1 aromatic rings. The van der Waals surface area contributed by atoms with E-state index in [0.717, 1.165) is 5.69 Å². The number of carboxylic acids is 1. The Balaban J connectivity index is 2.80. The van der Waals surface area contributed by atoms with Crippen LogP contribution < -0.4 is 4.90 Å². The Morgan fingerprint density at radius 2 is 1.76 bits per heavy atom. The summed E-state index contributed by atoms with van der Waals surface area (Å²) in [4.78, 5) is 24.0. The lowest BCUT2D eigenvalue weighted by Crippen LogP contribution is -2.37. The van der Waals surface area contributed by atoms with Crippen molar-refractivity contribution in [2.24, 2.45) is 0 Å². The molecule has 0 unspecified atom stereocenters. The molecule has 0 fully saturated rings. The van der Waals surface area contributed by atoms with Crippen molar-refractivity contribution in [2.45, 2.75) is 32.7 Å². The van der Waals surface area contributed by atoms with Crippen molar-refractivity contribution < 1.29 is 14.7 Å². The molecule has 92 valence electrons. The Bertz CT molecular complexity index is 387. The fraction of sp³-hybridized carbons (Fsp3) is 0.385. The molecule has 4 heteroatoms. The highest BCUT2D eigenvalue weighted by atomic mass is 16.4. The molecule has 17 heavy (non-hydrogen) atoms. The molecule has 0 aliphatic carbocycles. The number of carboxylic acid groups (broad SMARTS) is 1. The SMILES string of the molecule is CC(C)N(C(=O)CCC(=O)O)c1ccccc1. The topological polar surface area (TPSA) is 57.6 Å². The monoisotopic (exact) mass is 235 g/mol. The van der Waals surface area contributed by atoms with E-state index in [1.807, 2.05) is 44.2 Å². The van der Waals surface area contributed by atoms with E-state index in [4.69, 9.17) is 5.11 Å². The highest BCUT2D eigenvalue weighted by Gasteiger charge is 2.19. The number of nitrogens with zero attached hydrogens (tertiary/aromatic N) is 1. The summed E-state index contributed by atoms with van der Waals surface area (Å²) in [5.74, 6) is -1.11. The van der Waals surface area contributed by atoms with Gasteiger partial charge in [0.25, 0.3) is 0 Å². The third kappa shape index (κ3) is 3.90. The number of benzene rings is 1. The number of rotatable bonds is 5. The summed E-state index contributed by atoms with van der Waals surface area (Å²) in [6.45, 7) is 3.82. The standard InChI is InChI=1S/C13H17NO3/c1-10(2)14(11-6-4-3-5-7-11)12(15)8-9-13(16)17/h3-7,10H,8-9H2,1-2H3,(H,16,17). The smallest absolute Gasteiger partial charge is 0.303 e. The van der Waals surface area contributed by atoms with Gasteiger partial charge in [0, 0.05) is 18.2 Å². The molecule has 1 amide bonds. The van der Waals surface area contributed by atoms with Crippen molar-refractivity contribution in [1.82, 2.24) is 0 Å². The van der Waals surface area contributed by atoms with Crippen molar-refractivity contribution >= 4 is 17.6 Å².